The molecule has 3 rings (SSSR count). The van der Waals surface area contributed by atoms with Crippen LogP contribution in [0.2, 0.25) is 0 Å². The number of hydrogen-bond acceptors (Lipinski definition) is 5. The molecule has 2 heterocycles. The first-order valence-corrected chi connectivity index (χ1v) is 11.4. The van der Waals surface area contributed by atoms with E-state index < -0.39 is 9.05 Å². The van der Waals surface area contributed by atoms with Gasteiger partial charge in [0, 0.05) is 54.7 Å². The predicted molar refractivity (Wildman–Crippen MR) is 92.5 cm³/mol. The van der Waals surface area contributed by atoms with Crippen LogP contribution in [0.5, 0.6) is 0 Å². The number of nitrogens with zero attached hydrogens (tertiary/aromatic N) is 2. The Kier molecular flexibility index (Phi) is 5.74. The maximum atomic E-state index is 12.4. The molecule has 24 heavy (non-hydrogen) atoms. The summed E-state index contributed by atoms with van der Waals surface area (Å²) in [6.07, 6.45) is 6.15. The van der Waals surface area contributed by atoms with Crippen molar-refractivity contribution in [2.75, 3.05) is 45.1 Å². The Hall–Kier alpha value is -0.370. The van der Waals surface area contributed by atoms with Crippen LogP contribution in [-0.2, 0) is 18.6 Å². The Bertz CT molecular complexity index is 556. The van der Waals surface area contributed by atoms with Crippen LogP contribution in [0.3, 0.4) is 0 Å². The molecule has 0 spiro atoms. The Labute approximate surface area is 148 Å². The lowest BCUT2D eigenvalue weighted by atomic mass is 9.79. The fourth-order valence-electron chi connectivity index (χ4n) is 4.58. The van der Waals surface area contributed by atoms with Gasteiger partial charge in [-0.25, -0.2) is 8.42 Å². The topological polar surface area (TPSA) is 66.9 Å². The van der Waals surface area contributed by atoms with Gasteiger partial charge < -0.3 is 9.64 Å². The molecule has 1 aliphatic carbocycles. The first kappa shape index (κ1) is 18.4. The lowest BCUT2D eigenvalue weighted by Gasteiger charge is -2.49. The van der Waals surface area contributed by atoms with Crippen molar-refractivity contribution in [3.8, 4) is 0 Å². The molecule has 2 aliphatic heterocycles. The highest BCUT2D eigenvalue weighted by molar-refractivity contribution is 8.13. The Balaban J connectivity index is 1.69. The maximum Gasteiger partial charge on any atom is 0.232 e. The quantitative estimate of drug-likeness (QED) is 0.677. The minimum Gasteiger partial charge on any atom is -0.379 e. The fourth-order valence-corrected chi connectivity index (χ4v) is 5.90. The van der Waals surface area contributed by atoms with Crippen molar-refractivity contribution in [2.45, 2.75) is 44.1 Å². The second kappa shape index (κ2) is 7.48. The van der Waals surface area contributed by atoms with Gasteiger partial charge >= 0.3 is 0 Å². The molecular weight excluding hydrogens is 352 g/mol. The van der Waals surface area contributed by atoms with E-state index in [1.165, 1.54) is 19.3 Å². The molecule has 1 unspecified atom stereocenters. The van der Waals surface area contributed by atoms with Crippen LogP contribution >= 0.6 is 10.7 Å². The van der Waals surface area contributed by atoms with Gasteiger partial charge in [-0.05, 0) is 12.8 Å². The van der Waals surface area contributed by atoms with Gasteiger partial charge in [0.1, 0.15) is 0 Å². The largest absolute Gasteiger partial charge is 0.379 e. The Morgan fingerprint density at radius 2 is 1.83 bits per heavy atom. The van der Waals surface area contributed by atoms with Gasteiger partial charge in [0.05, 0.1) is 19.0 Å². The van der Waals surface area contributed by atoms with E-state index in [9.17, 15) is 13.2 Å². The maximum absolute atomic E-state index is 12.4. The third-order valence-corrected chi connectivity index (χ3v) is 6.93. The van der Waals surface area contributed by atoms with Crippen LogP contribution < -0.4 is 0 Å². The first-order valence-electron chi connectivity index (χ1n) is 8.91. The number of carbonyl (C=O) groups is 1. The van der Waals surface area contributed by atoms with Crippen LogP contribution in [0, 0.1) is 5.92 Å². The summed E-state index contributed by atoms with van der Waals surface area (Å²) < 4.78 is 28.1. The molecule has 138 valence electrons. The van der Waals surface area contributed by atoms with E-state index >= 15 is 0 Å². The number of ether oxygens (including phenoxy) is 1. The normalized spacial score (nSPS) is 29.1. The molecule has 8 heteroatoms. The second-order valence-electron chi connectivity index (χ2n) is 7.43. The van der Waals surface area contributed by atoms with Crippen molar-refractivity contribution in [1.29, 1.82) is 0 Å². The summed E-state index contributed by atoms with van der Waals surface area (Å²) in [4.78, 5) is 16.8. The number of morpholine rings is 1. The van der Waals surface area contributed by atoms with E-state index in [1.54, 1.807) is 0 Å². The average Bonchev–Trinajstić information content (AvgIpc) is 2.86. The van der Waals surface area contributed by atoms with Crippen LogP contribution in [0.4, 0.5) is 0 Å². The summed E-state index contributed by atoms with van der Waals surface area (Å²) >= 11 is 0. The third-order valence-electron chi connectivity index (χ3n) is 5.68. The SMILES string of the molecule is O=C1CC(CS(=O)(=O)Cl)CN1CC1(N2CCOCC2)CCCCC1. The van der Waals surface area contributed by atoms with Crippen molar-refractivity contribution in [3.63, 3.8) is 0 Å². The smallest absolute Gasteiger partial charge is 0.232 e. The molecule has 1 amide bonds. The van der Waals surface area contributed by atoms with E-state index in [2.05, 4.69) is 4.90 Å². The highest BCUT2D eigenvalue weighted by Gasteiger charge is 2.43. The molecule has 0 N–H and O–H groups in total. The monoisotopic (exact) mass is 378 g/mol. The zero-order chi connectivity index (χ0) is 17.2. The second-order valence-corrected chi connectivity index (χ2v) is 10.3. The summed E-state index contributed by atoms with van der Waals surface area (Å²) in [5, 5.41) is 0. The molecule has 2 saturated heterocycles. The molecule has 3 aliphatic rings. The van der Waals surface area contributed by atoms with Gasteiger partial charge in [-0.15, -0.1) is 0 Å². The number of rotatable bonds is 5. The fraction of sp³-hybridized carbons (Fsp3) is 0.938. The van der Waals surface area contributed by atoms with Crippen LogP contribution in [0.15, 0.2) is 0 Å². The van der Waals surface area contributed by atoms with Crippen molar-refractivity contribution in [2.24, 2.45) is 5.92 Å². The van der Waals surface area contributed by atoms with E-state index in [-0.39, 0.29) is 23.1 Å². The third kappa shape index (κ3) is 4.42. The predicted octanol–water partition coefficient (Wildman–Crippen LogP) is 1.44. The average molecular weight is 379 g/mol. The van der Waals surface area contributed by atoms with E-state index in [0.29, 0.717) is 19.5 Å². The minimum atomic E-state index is -3.56. The molecule has 1 saturated carbocycles. The number of amides is 1. The number of likely N-dealkylation sites (tertiary alicyclic amines) is 1. The number of halogens is 1. The zero-order valence-corrected chi connectivity index (χ0v) is 15.7. The van der Waals surface area contributed by atoms with Crippen LogP contribution in [0.25, 0.3) is 0 Å². The van der Waals surface area contributed by atoms with Crippen molar-refractivity contribution < 1.29 is 17.9 Å². The Morgan fingerprint density at radius 1 is 1.17 bits per heavy atom. The van der Waals surface area contributed by atoms with Gasteiger partial charge in [0.25, 0.3) is 0 Å². The highest BCUT2D eigenvalue weighted by Crippen LogP contribution is 2.36. The first-order chi connectivity index (χ1) is 11.4. The van der Waals surface area contributed by atoms with Gasteiger partial charge in [-0.2, -0.15) is 0 Å². The van der Waals surface area contributed by atoms with Crippen molar-refractivity contribution in [3.05, 3.63) is 0 Å². The van der Waals surface area contributed by atoms with Crippen molar-refractivity contribution >= 4 is 25.6 Å². The molecule has 0 aromatic heterocycles. The molecule has 0 radical (unpaired) electrons. The van der Waals surface area contributed by atoms with E-state index in [1.807, 2.05) is 4.90 Å². The lowest BCUT2D eigenvalue weighted by molar-refractivity contribution is -0.131. The molecular formula is C16H27ClN2O4S. The minimum absolute atomic E-state index is 0.0341. The molecule has 0 aromatic rings. The van der Waals surface area contributed by atoms with Gasteiger partial charge in [-0.1, -0.05) is 19.3 Å². The summed E-state index contributed by atoms with van der Waals surface area (Å²) in [7, 11) is 1.81. The summed E-state index contributed by atoms with van der Waals surface area (Å²) in [6.45, 7) is 4.57. The Morgan fingerprint density at radius 3 is 2.46 bits per heavy atom. The highest BCUT2D eigenvalue weighted by atomic mass is 35.7. The standard InChI is InChI=1S/C16H27ClN2O4S/c17-24(21,22)12-14-10-15(20)18(11-14)13-16(4-2-1-3-5-16)19-6-8-23-9-7-19/h14H,1-13H2. The number of carbonyl (C=O) groups excluding carboxylic acids is 1. The van der Waals surface area contributed by atoms with Gasteiger partial charge in [0.15, 0.2) is 0 Å². The summed E-state index contributed by atoms with van der Waals surface area (Å²) in [6, 6.07) is 0. The van der Waals surface area contributed by atoms with Gasteiger partial charge in [-0.3, -0.25) is 9.69 Å². The molecule has 0 aromatic carbocycles. The van der Waals surface area contributed by atoms with Crippen LogP contribution in [-0.4, -0.2) is 74.8 Å². The van der Waals surface area contributed by atoms with E-state index in [0.717, 1.165) is 39.1 Å². The molecule has 3 fully saturated rings. The molecule has 6 nitrogen and oxygen atoms in total. The van der Waals surface area contributed by atoms with Crippen LogP contribution in [0.1, 0.15) is 38.5 Å². The van der Waals surface area contributed by atoms with Gasteiger partial charge in [0.2, 0.25) is 15.0 Å². The summed E-state index contributed by atoms with van der Waals surface area (Å²) in [5.74, 6) is -0.217. The van der Waals surface area contributed by atoms with E-state index in [4.69, 9.17) is 15.4 Å². The number of hydrogen-bond donors (Lipinski definition) is 0. The lowest BCUT2D eigenvalue weighted by Crippen LogP contribution is -2.59. The molecule has 0 bridgehead atoms. The summed E-state index contributed by atoms with van der Waals surface area (Å²) in [5.41, 5.74) is 0.0341. The molecule has 1 atom stereocenters. The van der Waals surface area contributed by atoms with Crippen molar-refractivity contribution in [1.82, 2.24) is 9.80 Å². The zero-order valence-electron chi connectivity index (χ0n) is 14.1.